The van der Waals surface area contributed by atoms with Crippen LogP contribution in [-0.4, -0.2) is 19.0 Å². The molecule has 0 aliphatic heterocycles. The van der Waals surface area contributed by atoms with Gasteiger partial charge in [0, 0.05) is 11.9 Å². The maximum Gasteiger partial charge on any atom is 0.119 e. The Bertz CT molecular complexity index is 356. The summed E-state index contributed by atoms with van der Waals surface area (Å²) in [7, 11) is 1.70. The van der Waals surface area contributed by atoms with E-state index in [2.05, 4.69) is 17.4 Å². The lowest BCUT2D eigenvalue weighted by molar-refractivity contribution is 0.413. The molecule has 1 fully saturated rings. The Balaban J connectivity index is 1.74. The highest BCUT2D eigenvalue weighted by atomic mass is 35.5. The van der Waals surface area contributed by atoms with Crippen LogP contribution in [0, 0.1) is 5.92 Å². The Labute approximate surface area is 108 Å². The van der Waals surface area contributed by atoms with Gasteiger partial charge in [-0.25, -0.2) is 0 Å². The summed E-state index contributed by atoms with van der Waals surface area (Å²) in [6.45, 7) is 1.97. The molecule has 0 aromatic heterocycles. The summed E-state index contributed by atoms with van der Waals surface area (Å²) >= 11 is 6.10. The minimum absolute atomic E-state index is 0.401. The molecule has 1 aliphatic rings. The monoisotopic (exact) mass is 253 g/mol. The van der Waals surface area contributed by atoms with Crippen molar-refractivity contribution in [2.45, 2.75) is 31.2 Å². The minimum Gasteiger partial charge on any atom is -0.497 e. The molecule has 17 heavy (non-hydrogen) atoms. The van der Waals surface area contributed by atoms with E-state index in [1.165, 1.54) is 18.4 Å². The molecule has 0 bridgehead atoms. The predicted octanol–water partition coefficient (Wildman–Crippen LogP) is 3.19. The zero-order chi connectivity index (χ0) is 12.1. The molecule has 94 valence electrons. The van der Waals surface area contributed by atoms with Gasteiger partial charge in [-0.15, -0.1) is 11.6 Å². The van der Waals surface area contributed by atoms with Crippen LogP contribution < -0.4 is 10.1 Å². The highest BCUT2D eigenvalue weighted by Gasteiger charge is 2.22. The number of rotatable bonds is 5. The topological polar surface area (TPSA) is 21.3 Å². The zero-order valence-electron chi connectivity index (χ0n) is 10.3. The van der Waals surface area contributed by atoms with Crippen LogP contribution >= 0.6 is 11.6 Å². The van der Waals surface area contributed by atoms with Crippen LogP contribution in [0.15, 0.2) is 24.3 Å². The lowest BCUT2D eigenvalue weighted by Crippen LogP contribution is -2.21. The van der Waals surface area contributed by atoms with Crippen LogP contribution in [0.4, 0.5) is 0 Å². The molecule has 1 saturated carbocycles. The molecular formula is C14H20ClNO. The first kappa shape index (κ1) is 12.7. The van der Waals surface area contributed by atoms with Gasteiger partial charge in [0.05, 0.1) is 7.11 Å². The predicted molar refractivity (Wildman–Crippen MR) is 71.7 cm³/mol. The summed E-state index contributed by atoms with van der Waals surface area (Å²) in [4.78, 5) is 0. The van der Waals surface area contributed by atoms with Gasteiger partial charge in [-0.1, -0.05) is 12.1 Å². The normalized spacial score (nSPS) is 23.9. The maximum atomic E-state index is 6.10. The zero-order valence-corrected chi connectivity index (χ0v) is 11.0. The SMILES string of the molecule is COc1cccc(CNCC2CCC(Cl)C2)c1. The van der Waals surface area contributed by atoms with E-state index in [0.29, 0.717) is 5.38 Å². The number of halogens is 1. The van der Waals surface area contributed by atoms with Gasteiger partial charge in [-0.2, -0.15) is 0 Å². The van der Waals surface area contributed by atoms with Gasteiger partial charge in [0.2, 0.25) is 0 Å². The maximum absolute atomic E-state index is 6.10. The van der Waals surface area contributed by atoms with Crippen LogP contribution in [0.3, 0.4) is 0 Å². The van der Waals surface area contributed by atoms with Crippen molar-refractivity contribution in [3.05, 3.63) is 29.8 Å². The van der Waals surface area contributed by atoms with Gasteiger partial charge in [-0.3, -0.25) is 0 Å². The molecule has 1 aromatic rings. The lowest BCUT2D eigenvalue weighted by atomic mass is 10.1. The molecule has 3 heteroatoms. The van der Waals surface area contributed by atoms with E-state index in [1.807, 2.05) is 12.1 Å². The smallest absolute Gasteiger partial charge is 0.119 e. The largest absolute Gasteiger partial charge is 0.497 e. The van der Waals surface area contributed by atoms with Gasteiger partial charge >= 0.3 is 0 Å². The quantitative estimate of drug-likeness (QED) is 0.814. The average Bonchev–Trinajstić information content (AvgIpc) is 2.75. The highest BCUT2D eigenvalue weighted by Crippen LogP contribution is 2.28. The highest BCUT2D eigenvalue weighted by molar-refractivity contribution is 6.20. The van der Waals surface area contributed by atoms with Gasteiger partial charge in [0.1, 0.15) is 5.75 Å². The summed E-state index contributed by atoms with van der Waals surface area (Å²) in [6.07, 6.45) is 3.60. The summed E-state index contributed by atoms with van der Waals surface area (Å²) in [6, 6.07) is 8.19. The fourth-order valence-corrected chi connectivity index (χ4v) is 2.78. The fourth-order valence-electron chi connectivity index (χ4n) is 2.40. The van der Waals surface area contributed by atoms with Crippen molar-refractivity contribution in [3.8, 4) is 5.75 Å². The van der Waals surface area contributed by atoms with E-state index in [-0.39, 0.29) is 0 Å². The second-order valence-electron chi connectivity index (χ2n) is 4.76. The molecule has 0 spiro atoms. The molecule has 2 unspecified atom stereocenters. The molecule has 0 heterocycles. The third-order valence-corrected chi connectivity index (χ3v) is 3.77. The number of benzene rings is 1. The molecule has 1 aromatic carbocycles. The lowest BCUT2D eigenvalue weighted by Gasteiger charge is -2.11. The molecule has 1 N–H and O–H groups in total. The van der Waals surface area contributed by atoms with Gasteiger partial charge in [0.15, 0.2) is 0 Å². The minimum atomic E-state index is 0.401. The van der Waals surface area contributed by atoms with Crippen LogP contribution in [0.25, 0.3) is 0 Å². The third-order valence-electron chi connectivity index (χ3n) is 3.37. The first-order chi connectivity index (χ1) is 8.28. The number of hydrogen-bond donors (Lipinski definition) is 1. The molecule has 1 aliphatic carbocycles. The van der Waals surface area contributed by atoms with Crippen LogP contribution in [-0.2, 0) is 6.54 Å². The van der Waals surface area contributed by atoms with E-state index >= 15 is 0 Å². The number of nitrogens with one attached hydrogen (secondary N) is 1. The van der Waals surface area contributed by atoms with Crippen molar-refractivity contribution in [1.82, 2.24) is 5.32 Å². The van der Waals surface area contributed by atoms with Crippen molar-refractivity contribution < 1.29 is 4.74 Å². The number of methoxy groups -OCH3 is 1. The fraction of sp³-hybridized carbons (Fsp3) is 0.571. The van der Waals surface area contributed by atoms with Crippen LogP contribution in [0.1, 0.15) is 24.8 Å². The molecule has 2 nitrogen and oxygen atoms in total. The Morgan fingerprint density at radius 1 is 1.41 bits per heavy atom. The van der Waals surface area contributed by atoms with Crippen molar-refractivity contribution in [2.75, 3.05) is 13.7 Å². The first-order valence-corrected chi connectivity index (χ1v) is 6.69. The average molecular weight is 254 g/mol. The van der Waals surface area contributed by atoms with Crippen molar-refractivity contribution in [3.63, 3.8) is 0 Å². The van der Waals surface area contributed by atoms with Gasteiger partial charge < -0.3 is 10.1 Å². The Kier molecular flexibility index (Phi) is 4.69. The molecule has 2 atom stereocenters. The second-order valence-corrected chi connectivity index (χ2v) is 5.38. The molecule has 0 saturated heterocycles. The van der Waals surface area contributed by atoms with E-state index < -0.39 is 0 Å². The summed E-state index contributed by atoms with van der Waals surface area (Å²) in [5, 5.41) is 3.90. The summed E-state index contributed by atoms with van der Waals surface area (Å²) in [5.74, 6) is 1.68. The van der Waals surface area contributed by atoms with Crippen molar-refractivity contribution >= 4 is 11.6 Å². The molecule has 0 radical (unpaired) electrons. The molecule has 0 amide bonds. The second kappa shape index (κ2) is 6.27. The standard InChI is InChI=1S/C14H20ClNO/c1-17-14-4-2-3-11(8-14)9-16-10-12-5-6-13(15)7-12/h2-4,8,12-13,16H,5-7,9-10H2,1H3. The van der Waals surface area contributed by atoms with Crippen molar-refractivity contribution in [1.29, 1.82) is 0 Å². The van der Waals surface area contributed by atoms with Gasteiger partial charge in [0.25, 0.3) is 0 Å². The number of alkyl halides is 1. The Morgan fingerprint density at radius 3 is 3.00 bits per heavy atom. The van der Waals surface area contributed by atoms with E-state index in [9.17, 15) is 0 Å². The summed E-state index contributed by atoms with van der Waals surface area (Å²) < 4.78 is 5.20. The molecule has 2 rings (SSSR count). The number of hydrogen-bond acceptors (Lipinski definition) is 2. The molecular weight excluding hydrogens is 234 g/mol. The van der Waals surface area contributed by atoms with Gasteiger partial charge in [-0.05, 0) is 49.4 Å². The Hall–Kier alpha value is -0.730. The van der Waals surface area contributed by atoms with Crippen LogP contribution in [0.5, 0.6) is 5.75 Å². The van der Waals surface area contributed by atoms with Crippen LogP contribution in [0.2, 0.25) is 0 Å². The first-order valence-electron chi connectivity index (χ1n) is 6.25. The van der Waals surface area contributed by atoms with E-state index in [4.69, 9.17) is 16.3 Å². The van der Waals surface area contributed by atoms with E-state index in [0.717, 1.165) is 31.2 Å². The summed E-state index contributed by atoms with van der Waals surface area (Å²) in [5.41, 5.74) is 1.27. The third kappa shape index (κ3) is 3.90. The van der Waals surface area contributed by atoms with Crippen molar-refractivity contribution in [2.24, 2.45) is 5.92 Å². The number of ether oxygens (including phenoxy) is 1. The Morgan fingerprint density at radius 2 is 2.29 bits per heavy atom. The van der Waals surface area contributed by atoms with E-state index in [1.54, 1.807) is 7.11 Å².